The lowest BCUT2D eigenvalue weighted by Gasteiger charge is -2.18. The highest BCUT2D eigenvalue weighted by Gasteiger charge is 2.22. The summed E-state index contributed by atoms with van der Waals surface area (Å²) in [5, 5.41) is 0. The summed E-state index contributed by atoms with van der Waals surface area (Å²) in [6, 6.07) is 3.24. The van der Waals surface area contributed by atoms with Crippen LogP contribution in [0.1, 0.15) is 30.9 Å². The van der Waals surface area contributed by atoms with E-state index in [-0.39, 0.29) is 23.1 Å². The maximum absolute atomic E-state index is 12.5. The summed E-state index contributed by atoms with van der Waals surface area (Å²) in [5.74, 6) is 0.0113. The molecule has 130 valence electrons. The second-order valence-corrected chi connectivity index (χ2v) is 7.32. The zero-order valence-electron chi connectivity index (χ0n) is 14.5. The monoisotopic (exact) mass is 342 g/mol. The van der Waals surface area contributed by atoms with Crippen molar-refractivity contribution in [1.82, 2.24) is 9.62 Å². The van der Waals surface area contributed by atoms with Crippen LogP contribution in [-0.2, 0) is 14.8 Å². The Hall–Kier alpha value is -1.60. The number of likely N-dealkylation sites (N-methyl/N-ethyl adjacent to an activating group) is 1. The van der Waals surface area contributed by atoms with Gasteiger partial charge in [0.25, 0.3) is 0 Å². The van der Waals surface area contributed by atoms with E-state index in [1.165, 1.54) is 12.0 Å². The van der Waals surface area contributed by atoms with Gasteiger partial charge in [0.2, 0.25) is 15.9 Å². The predicted molar refractivity (Wildman–Crippen MR) is 90.2 cm³/mol. The minimum atomic E-state index is -3.81. The van der Waals surface area contributed by atoms with Crippen LogP contribution in [0.5, 0.6) is 5.75 Å². The van der Waals surface area contributed by atoms with Crippen LogP contribution in [0.3, 0.4) is 0 Å². The zero-order valence-corrected chi connectivity index (χ0v) is 15.3. The van der Waals surface area contributed by atoms with Gasteiger partial charge in [-0.05, 0) is 43.5 Å². The Morgan fingerprint density at radius 1 is 1.26 bits per heavy atom. The van der Waals surface area contributed by atoms with E-state index in [4.69, 9.17) is 4.74 Å². The molecule has 0 unspecified atom stereocenters. The molecule has 23 heavy (non-hydrogen) atoms. The molecule has 7 heteroatoms. The van der Waals surface area contributed by atoms with Crippen LogP contribution in [0.2, 0.25) is 0 Å². The van der Waals surface area contributed by atoms with Crippen molar-refractivity contribution < 1.29 is 17.9 Å². The van der Waals surface area contributed by atoms with Crippen LogP contribution >= 0.6 is 0 Å². The van der Waals surface area contributed by atoms with E-state index in [9.17, 15) is 13.2 Å². The van der Waals surface area contributed by atoms with Crippen LogP contribution in [0.25, 0.3) is 0 Å². The fraction of sp³-hybridized carbons (Fsp3) is 0.562. The number of carbonyl (C=O) groups is 1. The third-order valence-corrected chi connectivity index (χ3v) is 5.18. The number of methoxy groups -OCH3 is 1. The summed E-state index contributed by atoms with van der Waals surface area (Å²) in [4.78, 5) is 13.5. The quantitative estimate of drug-likeness (QED) is 0.782. The standard InChI is InChI=1S/C16H26N2O4S/c1-6-7-8-18(4)16(19)11-17-23(20,21)15-10-13(3)12(2)9-14(15)22-5/h9-10,17H,6-8,11H2,1-5H3. The molecule has 0 aliphatic heterocycles. The Morgan fingerprint density at radius 2 is 1.87 bits per heavy atom. The summed E-state index contributed by atoms with van der Waals surface area (Å²) in [5.41, 5.74) is 1.79. The number of benzene rings is 1. The lowest BCUT2D eigenvalue weighted by Crippen LogP contribution is -2.38. The number of aryl methyl sites for hydroxylation is 2. The molecule has 0 saturated carbocycles. The molecule has 0 aliphatic carbocycles. The number of unbranched alkanes of at least 4 members (excludes halogenated alkanes) is 1. The molecule has 0 heterocycles. The van der Waals surface area contributed by atoms with Crippen LogP contribution in [-0.4, -0.2) is 46.5 Å². The number of hydrogen-bond acceptors (Lipinski definition) is 4. The Labute approximate surface area is 138 Å². The highest BCUT2D eigenvalue weighted by molar-refractivity contribution is 7.89. The van der Waals surface area contributed by atoms with Crippen LogP contribution in [0.4, 0.5) is 0 Å². The van der Waals surface area contributed by atoms with Gasteiger partial charge in [0, 0.05) is 13.6 Å². The van der Waals surface area contributed by atoms with Gasteiger partial charge >= 0.3 is 0 Å². The average molecular weight is 342 g/mol. The van der Waals surface area contributed by atoms with Gasteiger partial charge in [-0.2, -0.15) is 0 Å². The van der Waals surface area contributed by atoms with Crippen molar-refractivity contribution in [2.24, 2.45) is 0 Å². The molecular weight excluding hydrogens is 316 g/mol. The Balaban J connectivity index is 2.88. The number of nitrogens with zero attached hydrogens (tertiary/aromatic N) is 1. The zero-order chi connectivity index (χ0) is 17.6. The number of carbonyl (C=O) groups excluding carboxylic acids is 1. The van der Waals surface area contributed by atoms with Gasteiger partial charge < -0.3 is 9.64 Å². The molecule has 0 fully saturated rings. The summed E-state index contributed by atoms with van der Waals surface area (Å²) in [7, 11) is -0.721. The van der Waals surface area contributed by atoms with Gasteiger partial charge in [-0.1, -0.05) is 13.3 Å². The van der Waals surface area contributed by atoms with E-state index >= 15 is 0 Å². The second-order valence-electron chi connectivity index (χ2n) is 5.58. The lowest BCUT2D eigenvalue weighted by molar-refractivity contribution is -0.128. The van der Waals surface area contributed by atoms with E-state index in [1.807, 2.05) is 20.8 Å². The fourth-order valence-electron chi connectivity index (χ4n) is 2.02. The fourth-order valence-corrected chi connectivity index (χ4v) is 3.23. The van der Waals surface area contributed by atoms with Gasteiger partial charge in [0.1, 0.15) is 10.6 Å². The van der Waals surface area contributed by atoms with Gasteiger partial charge in [-0.25, -0.2) is 13.1 Å². The van der Waals surface area contributed by atoms with Crippen molar-refractivity contribution in [2.45, 2.75) is 38.5 Å². The Kier molecular flexibility index (Phi) is 7.02. The normalized spacial score (nSPS) is 11.3. The molecule has 0 saturated heterocycles. The molecule has 0 spiro atoms. The number of sulfonamides is 1. The molecule has 0 aromatic heterocycles. The summed E-state index contributed by atoms with van der Waals surface area (Å²) in [6.07, 6.45) is 1.86. The maximum atomic E-state index is 12.5. The average Bonchev–Trinajstić information content (AvgIpc) is 2.52. The van der Waals surface area contributed by atoms with Crippen molar-refractivity contribution in [3.63, 3.8) is 0 Å². The largest absolute Gasteiger partial charge is 0.495 e. The number of hydrogen-bond donors (Lipinski definition) is 1. The lowest BCUT2D eigenvalue weighted by atomic mass is 10.1. The molecule has 1 aromatic carbocycles. The molecular formula is C16H26N2O4S. The van der Waals surface area contributed by atoms with Crippen molar-refractivity contribution in [3.8, 4) is 5.75 Å². The molecule has 1 rings (SSSR count). The maximum Gasteiger partial charge on any atom is 0.244 e. The minimum Gasteiger partial charge on any atom is -0.495 e. The first-order valence-electron chi connectivity index (χ1n) is 7.61. The SMILES string of the molecule is CCCCN(C)C(=O)CNS(=O)(=O)c1cc(C)c(C)cc1OC. The highest BCUT2D eigenvalue weighted by Crippen LogP contribution is 2.27. The number of amides is 1. The summed E-state index contributed by atoms with van der Waals surface area (Å²) < 4.78 is 32.4. The molecule has 0 radical (unpaired) electrons. The van der Waals surface area contributed by atoms with E-state index in [2.05, 4.69) is 4.72 Å². The molecule has 6 nitrogen and oxygen atoms in total. The van der Waals surface area contributed by atoms with Crippen LogP contribution < -0.4 is 9.46 Å². The first-order valence-corrected chi connectivity index (χ1v) is 9.10. The number of ether oxygens (including phenoxy) is 1. The first kappa shape index (κ1) is 19.4. The van der Waals surface area contributed by atoms with E-state index < -0.39 is 10.0 Å². The second kappa shape index (κ2) is 8.31. The number of rotatable bonds is 8. The number of nitrogens with one attached hydrogen (secondary N) is 1. The van der Waals surface area contributed by atoms with Crippen molar-refractivity contribution in [2.75, 3.05) is 27.2 Å². The van der Waals surface area contributed by atoms with Gasteiger partial charge in [-0.3, -0.25) is 4.79 Å². The molecule has 0 aliphatic rings. The van der Waals surface area contributed by atoms with Crippen LogP contribution in [0, 0.1) is 13.8 Å². The molecule has 0 bridgehead atoms. The third-order valence-electron chi connectivity index (χ3n) is 3.76. The van der Waals surface area contributed by atoms with E-state index in [1.54, 1.807) is 19.2 Å². The highest BCUT2D eigenvalue weighted by atomic mass is 32.2. The Bertz CT molecular complexity index is 656. The van der Waals surface area contributed by atoms with Gasteiger partial charge in [0.15, 0.2) is 0 Å². The van der Waals surface area contributed by atoms with Gasteiger partial charge in [-0.15, -0.1) is 0 Å². The van der Waals surface area contributed by atoms with Crippen molar-refractivity contribution >= 4 is 15.9 Å². The Morgan fingerprint density at radius 3 is 2.43 bits per heavy atom. The van der Waals surface area contributed by atoms with Crippen LogP contribution in [0.15, 0.2) is 17.0 Å². The smallest absolute Gasteiger partial charge is 0.244 e. The minimum absolute atomic E-state index is 0.0483. The van der Waals surface area contributed by atoms with E-state index in [0.29, 0.717) is 6.54 Å². The summed E-state index contributed by atoms with van der Waals surface area (Å²) in [6.45, 7) is 6.10. The first-order chi connectivity index (χ1) is 10.7. The molecule has 1 aromatic rings. The van der Waals surface area contributed by atoms with Gasteiger partial charge in [0.05, 0.1) is 13.7 Å². The van der Waals surface area contributed by atoms with Crippen molar-refractivity contribution in [3.05, 3.63) is 23.3 Å². The van der Waals surface area contributed by atoms with Crippen molar-refractivity contribution in [1.29, 1.82) is 0 Å². The topological polar surface area (TPSA) is 75.7 Å². The molecule has 1 N–H and O–H groups in total. The molecule has 1 amide bonds. The summed E-state index contributed by atoms with van der Waals surface area (Å²) >= 11 is 0. The predicted octanol–water partition coefficient (Wildman–Crippen LogP) is 1.85. The van der Waals surface area contributed by atoms with E-state index in [0.717, 1.165) is 24.0 Å². The third kappa shape index (κ3) is 5.21. The molecule has 0 atom stereocenters.